The first-order chi connectivity index (χ1) is 10.7. The van der Waals surface area contributed by atoms with Gasteiger partial charge in [-0.15, -0.1) is 0 Å². The van der Waals surface area contributed by atoms with Crippen LogP contribution in [0.2, 0.25) is 0 Å². The maximum Gasteiger partial charge on any atom is 0.162 e. The van der Waals surface area contributed by atoms with E-state index in [1.807, 2.05) is 43.3 Å². The molecular formula is C20H23FO. The predicted molar refractivity (Wildman–Crippen MR) is 89.7 cm³/mol. The fraction of sp³-hybridized carbons (Fsp3) is 0.350. The standard InChI is InChI=1S/C20H23FO/c1-3-5-7-20(22)17-11-8-15(9-12-17)18-13-10-16(6-4-2)19(21)14-18/h8-14H,3-7H2,1-2H3. The van der Waals surface area contributed by atoms with Crippen molar-refractivity contribution in [2.45, 2.75) is 46.0 Å². The van der Waals surface area contributed by atoms with Gasteiger partial charge >= 0.3 is 0 Å². The van der Waals surface area contributed by atoms with Crippen LogP contribution in [0, 0.1) is 5.82 Å². The Hall–Kier alpha value is -1.96. The first-order valence-electron chi connectivity index (χ1n) is 8.07. The number of benzene rings is 2. The van der Waals surface area contributed by atoms with Gasteiger partial charge in [0.25, 0.3) is 0 Å². The summed E-state index contributed by atoms with van der Waals surface area (Å²) in [6, 6.07) is 12.9. The Bertz CT molecular complexity index is 629. The molecule has 0 radical (unpaired) electrons. The second-order valence-corrected chi connectivity index (χ2v) is 5.66. The molecule has 0 unspecified atom stereocenters. The molecular weight excluding hydrogens is 275 g/mol. The van der Waals surface area contributed by atoms with Crippen LogP contribution >= 0.6 is 0 Å². The molecule has 2 heteroatoms. The van der Waals surface area contributed by atoms with E-state index in [9.17, 15) is 9.18 Å². The molecule has 2 aromatic carbocycles. The summed E-state index contributed by atoms with van der Waals surface area (Å²) in [7, 11) is 0. The summed E-state index contributed by atoms with van der Waals surface area (Å²) in [6.07, 6.45) is 4.23. The average molecular weight is 298 g/mol. The molecule has 0 atom stereocenters. The van der Waals surface area contributed by atoms with Gasteiger partial charge in [0.1, 0.15) is 5.82 Å². The third-order valence-electron chi connectivity index (χ3n) is 3.87. The van der Waals surface area contributed by atoms with Crippen molar-refractivity contribution in [3.05, 3.63) is 59.4 Å². The molecule has 0 aliphatic carbocycles. The van der Waals surface area contributed by atoms with Gasteiger partial charge in [0, 0.05) is 12.0 Å². The lowest BCUT2D eigenvalue weighted by Gasteiger charge is -2.07. The van der Waals surface area contributed by atoms with Crippen molar-refractivity contribution >= 4 is 5.78 Å². The lowest BCUT2D eigenvalue weighted by atomic mass is 9.99. The van der Waals surface area contributed by atoms with Gasteiger partial charge in [-0.05, 0) is 35.6 Å². The Morgan fingerprint density at radius 1 is 0.955 bits per heavy atom. The van der Waals surface area contributed by atoms with Crippen molar-refractivity contribution in [1.29, 1.82) is 0 Å². The van der Waals surface area contributed by atoms with Crippen molar-refractivity contribution in [3.8, 4) is 11.1 Å². The molecule has 0 spiro atoms. The predicted octanol–water partition coefficient (Wildman–Crippen LogP) is 5.82. The molecule has 0 heterocycles. The fourth-order valence-corrected chi connectivity index (χ4v) is 2.53. The number of aryl methyl sites for hydroxylation is 1. The summed E-state index contributed by atoms with van der Waals surface area (Å²) in [4.78, 5) is 12.0. The van der Waals surface area contributed by atoms with Crippen molar-refractivity contribution < 1.29 is 9.18 Å². The zero-order valence-corrected chi connectivity index (χ0v) is 13.4. The molecule has 0 N–H and O–H groups in total. The Kier molecular flexibility index (Phi) is 5.88. The minimum atomic E-state index is -0.151. The minimum Gasteiger partial charge on any atom is -0.294 e. The van der Waals surface area contributed by atoms with E-state index in [1.165, 1.54) is 0 Å². The highest BCUT2D eigenvalue weighted by molar-refractivity contribution is 5.96. The molecule has 116 valence electrons. The zero-order valence-electron chi connectivity index (χ0n) is 13.4. The molecule has 0 aliphatic rings. The topological polar surface area (TPSA) is 17.1 Å². The molecule has 2 aromatic rings. The molecule has 0 saturated carbocycles. The van der Waals surface area contributed by atoms with Gasteiger partial charge in [0.2, 0.25) is 0 Å². The number of carbonyl (C=O) groups is 1. The van der Waals surface area contributed by atoms with Crippen molar-refractivity contribution in [1.82, 2.24) is 0 Å². The summed E-state index contributed by atoms with van der Waals surface area (Å²) in [5, 5.41) is 0. The Balaban J connectivity index is 2.16. The molecule has 0 bridgehead atoms. The van der Waals surface area contributed by atoms with Gasteiger partial charge in [-0.1, -0.05) is 63.1 Å². The van der Waals surface area contributed by atoms with Crippen LogP contribution in [-0.2, 0) is 6.42 Å². The van der Waals surface area contributed by atoms with E-state index in [2.05, 4.69) is 6.92 Å². The third-order valence-corrected chi connectivity index (χ3v) is 3.87. The molecule has 0 saturated heterocycles. The Morgan fingerprint density at radius 3 is 2.23 bits per heavy atom. The second-order valence-electron chi connectivity index (χ2n) is 5.66. The van der Waals surface area contributed by atoms with Gasteiger partial charge in [-0.2, -0.15) is 0 Å². The highest BCUT2D eigenvalue weighted by Crippen LogP contribution is 2.23. The molecule has 0 amide bonds. The molecule has 0 aromatic heterocycles. The van der Waals surface area contributed by atoms with Crippen LogP contribution in [0.25, 0.3) is 11.1 Å². The first kappa shape index (κ1) is 16.4. The average Bonchev–Trinajstić information content (AvgIpc) is 2.55. The Morgan fingerprint density at radius 2 is 1.64 bits per heavy atom. The number of carbonyl (C=O) groups excluding carboxylic acids is 1. The number of halogens is 1. The van der Waals surface area contributed by atoms with Gasteiger partial charge in [-0.3, -0.25) is 4.79 Å². The maximum atomic E-state index is 14.0. The van der Waals surface area contributed by atoms with Gasteiger partial charge in [0.15, 0.2) is 5.78 Å². The number of unbranched alkanes of at least 4 members (excludes halogenated alkanes) is 1. The third kappa shape index (κ3) is 4.03. The van der Waals surface area contributed by atoms with E-state index in [0.29, 0.717) is 6.42 Å². The highest BCUT2D eigenvalue weighted by Gasteiger charge is 2.07. The fourth-order valence-electron chi connectivity index (χ4n) is 2.53. The van der Waals surface area contributed by atoms with Crippen molar-refractivity contribution in [3.63, 3.8) is 0 Å². The van der Waals surface area contributed by atoms with Crippen LogP contribution in [0.1, 0.15) is 55.5 Å². The monoisotopic (exact) mass is 298 g/mol. The van der Waals surface area contributed by atoms with Crippen LogP contribution in [0.4, 0.5) is 4.39 Å². The second kappa shape index (κ2) is 7.88. The number of Topliss-reactive ketones (excluding diaryl/α,β-unsaturated/α-hetero) is 1. The summed E-state index contributed by atoms with van der Waals surface area (Å²) >= 11 is 0. The van der Waals surface area contributed by atoms with E-state index < -0.39 is 0 Å². The van der Waals surface area contributed by atoms with E-state index >= 15 is 0 Å². The van der Waals surface area contributed by atoms with Crippen molar-refractivity contribution in [2.75, 3.05) is 0 Å². The molecule has 0 aliphatic heterocycles. The summed E-state index contributed by atoms with van der Waals surface area (Å²) in [5.41, 5.74) is 3.29. The van der Waals surface area contributed by atoms with Crippen LogP contribution in [0.5, 0.6) is 0 Å². The van der Waals surface area contributed by atoms with E-state index in [0.717, 1.165) is 47.9 Å². The quantitative estimate of drug-likeness (QED) is 0.589. The lowest BCUT2D eigenvalue weighted by molar-refractivity contribution is 0.0980. The smallest absolute Gasteiger partial charge is 0.162 e. The van der Waals surface area contributed by atoms with Gasteiger partial charge in [-0.25, -0.2) is 4.39 Å². The van der Waals surface area contributed by atoms with E-state index in [-0.39, 0.29) is 11.6 Å². The number of rotatable bonds is 7. The normalized spacial score (nSPS) is 10.7. The lowest BCUT2D eigenvalue weighted by Crippen LogP contribution is -1.98. The molecule has 0 fully saturated rings. The Labute approximate surface area is 132 Å². The van der Waals surface area contributed by atoms with Crippen LogP contribution in [0.15, 0.2) is 42.5 Å². The largest absolute Gasteiger partial charge is 0.294 e. The van der Waals surface area contributed by atoms with Gasteiger partial charge < -0.3 is 0 Å². The van der Waals surface area contributed by atoms with E-state index in [4.69, 9.17) is 0 Å². The minimum absolute atomic E-state index is 0.151. The maximum absolute atomic E-state index is 14.0. The van der Waals surface area contributed by atoms with Crippen LogP contribution in [0.3, 0.4) is 0 Å². The first-order valence-corrected chi connectivity index (χ1v) is 8.07. The molecule has 22 heavy (non-hydrogen) atoms. The number of ketones is 1. The van der Waals surface area contributed by atoms with Crippen molar-refractivity contribution in [2.24, 2.45) is 0 Å². The number of hydrogen-bond donors (Lipinski definition) is 0. The number of hydrogen-bond acceptors (Lipinski definition) is 1. The molecule has 2 rings (SSSR count). The van der Waals surface area contributed by atoms with E-state index in [1.54, 1.807) is 6.07 Å². The summed E-state index contributed by atoms with van der Waals surface area (Å²) < 4.78 is 14.0. The van der Waals surface area contributed by atoms with Crippen LogP contribution in [-0.4, -0.2) is 5.78 Å². The highest BCUT2D eigenvalue weighted by atomic mass is 19.1. The van der Waals surface area contributed by atoms with Gasteiger partial charge in [0.05, 0.1) is 0 Å². The zero-order chi connectivity index (χ0) is 15.9. The van der Waals surface area contributed by atoms with Crippen LogP contribution < -0.4 is 0 Å². The summed E-state index contributed by atoms with van der Waals surface area (Å²) in [5.74, 6) is 0.0281. The summed E-state index contributed by atoms with van der Waals surface area (Å²) in [6.45, 7) is 4.12. The SMILES string of the molecule is CCCCC(=O)c1ccc(-c2ccc(CCC)c(F)c2)cc1. The molecule has 1 nitrogen and oxygen atoms in total.